The van der Waals surface area contributed by atoms with E-state index in [-0.39, 0.29) is 42.2 Å². The van der Waals surface area contributed by atoms with Crippen molar-refractivity contribution in [2.24, 2.45) is 29.6 Å². The number of hydrogen-bond acceptors (Lipinski definition) is 9. The van der Waals surface area contributed by atoms with Gasteiger partial charge < -0.3 is 24.1 Å². The Morgan fingerprint density at radius 2 is 1.07 bits per heavy atom. The van der Waals surface area contributed by atoms with Crippen molar-refractivity contribution in [1.29, 1.82) is 0 Å². The Morgan fingerprint density at radius 3 is 1.63 bits per heavy atom. The number of methoxy groups -OCH3 is 4. The summed E-state index contributed by atoms with van der Waals surface area (Å²) in [5.41, 5.74) is 5.53. The van der Waals surface area contributed by atoms with Crippen molar-refractivity contribution in [2.75, 3.05) is 38.2 Å². The number of carbonyl (C=O) groups is 4. The highest BCUT2D eigenvalue weighted by molar-refractivity contribution is 6.24. The Hall–Kier alpha value is -7.92. The Morgan fingerprint density at radius 1 is 0.537 bits per heavy atom. The predicted octanol–water partition coefficient (Wildman–Crippen LogP) is 9.97. The minimum Gasteiger partial charge on any atom is -0.507 e. The van der Waals surface area contributed by atoms with Gasteiger partial charge in [0.15, 0.2) is 0 Å². The van der Waals surface area contributed by atoms with Crippen LogP contribution in [0.15, 0.2) is 133 Å². The number of carbonyl (C=O) groups excluding carboxylic acids is 4. The molecule has 0 aromatic heterocycles. The number of ether oxygens (including phenoxy) is 4. The van der Waals surface area contributed by atoms with E-state index in [1.54, 1.807) is 52.7 Å². The van der Waals surface area contributed by atoms with Gasteiger partial charge in [-0.25, -0.2) is 0 Å². The summed E-state index contributed by atoms with van der Waals surface area (Å²) in [5, 5.41) is 13.5. The first-order chi connectivity index (χ1) is 32.6. The van der Waals surface area contributed by atoms with E-state index >= 15 is 0 Å². The Balaban J connectivity index is 0.965. The van der Waals surface area contributed by atoms with Crippen molar-refractivity contribution >= 4 is 70.1 Å². The summed E-state index contributed by atoms with van der Waals surface area (Å²) in [7, 11) is 6.42. The SMILES string of the molecule is COc1ccc(OC)c(C=Cc2ccc(N3C(=O)C4CC=C5C(CC6C(=O)N(c7ccc(C=Cc8cc(OC)ccc8OC)cc7)C(=O)C6C5c5ccc6ccccc6c5O)C4C3=O)cc2)c1. The van der Waals surface area contributed by atoms with Gasteiger partial charge >= 0.3 is 0 Å². The second-order valence-electron chi connectivity index (χ2n) is 17.3. The molecule has 6 aromatic carbocycles. The summed E-state index contributed by atoms with van der Waals surface area (Å²) in [5.74, 6) is -2.90. The average Bonchev–Trinajstić information content (AvgIpc) is 3.77. The number of rotatable bonds is 11. The summed E-state index contributed by atoms with van der Waals surface area (Å²) in [6.45, 7) is 0. The Labute approximate surface area is 388 Å². The highest BCUT2D eigenvalue weighted by Gasteiger charge is 2.62. The van der Waals surface area contributed by atoms with Gasteiger partial charge in [-0.15, -0.1) is 0 Å². The molecule has 3 fully saturated rings. The fraction of sp³-hybridized carbons (Fsp3) is 0.214. The van der Waals surface area contributed by atoms with Crippen LogP contribution in [-0.2, 0) is 19.2 Å². The molecule has 1 N–H and O–H groups in total. The van der Waals surface area contributed by atoms with Gasteiger partial charge in [0.1, 0.15) is 28.7 Å². The molecular formula is C56H48N2O9. The number of nitrogens with zero attached hydrogens (tertiary/aromatic N) is 2. The van der Waals surface area contributed by atoms with E-state index in [0.29, 0.717) is 45.3 Å². The lowest BCUT2D eigenvalue weighted by atomic mass is 9.57. The third kappa shape index (κ3) is 7.40. The number of imide groups is 2. The van der Waals surface area contributed by atoms with Crippen molar-refractivity contribution in [2.45, 2.75) is 18.8 Å². The standard InChI is InChI=1S/C56H48N2O9/c1-64-39-22-27-47(66-3)35(29-39)15-9-32-11-18-37(19-12-32)57-53(60)44-26-25-42-45(50(44)55(57)62)31-46-51(49(42)43-24-17-34-7-5-6-8-41(34)52(43)59)56(63)58(54(46)61)38-20-13-33(14-21-38)10-16-36-30-40(65-2)23-28-48(36)67-4/h5-25,27-30,44-46,49-51,59H,26,31H2,1-4H3. The number of fused-ring (bicyclic) bond motifs is 5. The zero-order valence-corrected chi connectivity index (χ0v) is 37.4. The molecule has 4 aliphatic rings. The van der Waals surface area contributed by atoms with Crippen LogP contribution in [0.2, 0.25) is 0 Å². The van der Waals surface area contributed by atoms with Gasteiger partial charge in [0.05, 0.1) is 63.5 Å². The molecule has 2 aliphatic heterocycles. The van der Waals surface area contributed by atoms with Gasteiger partial charge in [0, 0.05) is 28.0 Å². The number of allylic oxidation sites excluding steroid dienone is 2. The van der Waals surface area contributed by atoms with Crippen LogP contribution >= 0.6 is 0 Å². The first-order valence-corrected chi connectivity index (χ1v) is 22.3. The van der Waals surface area contributed by atoms with E-state index in [2.05, 4.69) is 0 Å². The Kier molecular flexibility index (Phi) is 11.2. The number of aromatic hydroxyl groups is 1. The van der Waals surface area contributed by atoms with Gasteiger partial charge in [-0.1, -0.05) is 96.6 Å². The summed E-state index contributed by atoms with van der Waals surface area (Å²) in [6, 6.07) is 36.8. The maximum absolute atomic E-state index is 14.9. The fourth-order valence-corrected chi connectivity index (χ4v) is 10.7. The van der Waals surface area contributed by atoms with Crippen LogP contribution in [0.5, 0.6) is 28.7 Å². The zero-order chi connectivity index (χ0) is 46.5. The van der Waals surface area contributed by atoms with Crippen LogP contribution in [0.25, 0.3) is 35.1 Å². The molecule has 1 saturated carbocycles. The van der Waals surface area contributed by atoms with Crippen LogP contribution in [0.1, 0.15) is 46.6 Å². The summed E-state index contributed by atoms with van der Waals surface area (Å²) in [4.78, 5) is 61.4. The number of phenolic OH excluding ortho intramolecular Hbond substituents is 1. The second-order valence-corrected chi connectivity index (χ2v) is 17.3. The fourth-order valence-electron chi connectivity index (χ4n) is 10.7. The van der Waals surface area contributed by atoms with E-state index in [4.69, 9.17) is 18.9 Å². The highest BCUT2D eigenvalue weighted by Crippen LogP contribution is 2.60. The third-order valence-electron chi connectivity index (χ3n) is 14.0. The van der Waals surface area contributed by atoms with Crippen molar-refractivity contribution < 1.29 is 43.2 Å². The van der Waals surface area contributed by atoms with Gasteiger partial charge in [0.2, 0.25) is 23.6 Å². The summed E-state index contributed by atoms with van der Waals surface area (Å²) >= 11 is 0. The lowest BCUT2D eigenvalue weighted by Gasteiger charge is -2.44. The van der Waals surface area contributed by atoms with Gasteiger partial charge in [-0.05, 0) is 95.9 Å². The molecule has 11 nitrogen and oxygen atoms in total. The van der Waals surface area contributed by atoms with Crippen LogP contribution in [0.4, 0.5) is 11.4 Å². The molecule has 67 heavy (non-hydrogen) atoms. The van der Waals surface area contributed by atoms with E-state index in [0.717, 1.165) is 33.2 Å². The molecular weight excluding hydrogens is 845 g/mol. The zero-order valence-electron chi connectivity index (χ0n) is 37.4. The van der Waals surface area contributed by atoms with Crippen LogP contribution in [0, 0.1) is 29.6 Å². The summed E-state index contributed by atoms with van der Waals surface area (Å²) < 4.78 is 21.9. The smallest absolute Gasteiger partial charge is 0.238 e. The van der Waals surface area contributed by atoms with E-state index in [1.165, 1.54) is 9.80 Å². The molecule has 336 valence electrons. The number of amides is 4. The number of benzene rings is 6. The van der Waals surface area contributed by atoms with Crippen molar-refractivity contribution in [3.63, 3.8) is 0 Å². The molecule has 2 aliphatic carbocycles. The molecule has 0 spiro atoms. The number of anilines is 2. The normalized spacial score (nSPS) is 22.3. The largest absolute Gasteiger partial charge is 0.507 e. The molecule has 0 bridgehead atoms. The first kappa shape index (κ1) is 43.0. The lowest BCUT2D eigenvalue weighted by molar-refractivity contribution is -0.126. The highest BCUT2D eigenvalue weighted by atomic mass is 16.5. The maximum Gasteiger partial charge on any atom is 0.238 e. The maximum atomic E-state index is 14.9. The van der Waals surface area contributed by atoms with Crippen molar-refractivity contribution in [3.8, 4) is 28.7 Å². The minimum atomic E-state index is -0.848. The number of hydrogen-bond donors (Lipinski definition) is 1. The quantitative estimate of drug-likeness (QED) is 0.0767. The third-order valence-corrected chi connectivity index (χ3v) is 14.0. The van der Waals surface area contributed by atoms with Crippen LogP contribution in [0.3, 0.4) is 0 Å². The van der Waals surface area contributed by atoms with Crippen molar-refractivity contribution in [3.05, 3.63) is 161 Å². The monoisotopic (exact) mass is 892 g/mol. The van der Waals surface area contributed by atoms with Crippen LogP contribution < -0.4 is 28.7 Å². The molecule has 2 saturated heterocycles. The van der Waals surface area contributed by atoms with Gasteiger partial charge in [-0.3, -0.25) is 29.0 Å². The number of phenols is 1. The van der Waals surface area contributed by atoms with Gasteiger partial charge in [-0.2, -0.15) is 0 Å². The topological polar surface area (TPSA) is 132 Å². The first-order valence-electron chi connectivity index (χ1n) is 22.3. The van der Waals surface area contributed by atoms with Crippen molar-refractivity contribution in [1.82, 2.24) is 0 Å². The molecule has 4 amide bonds. The average molecular weight is 893 g/mol. The molecule has 6 aromatic rings. The molecule has 10 rings (SSSR count). The Bertz CT molecular complexity index is 3060. The minimum absolute atomic E-state index is 0.0301. The molecule has 2 heterocycles. The molecule has 0 radical (unpaired) electrons. The molecule has 6 atom stereocenters. The molecule has 6 unspecified atom stereocenters. The second kappa shape index (κ2) is 17.5. The van der Waals surface area contributed by atoms with E-state index < -0.39 is 35.5 Å². The lowest BCUT2D eigenvalue weighted by Crippen LogP contribution is -2.43. The molecule has 11 heteroatoms. The predicted molar refractivity (Wildman–Crippen MR) is 258 cm³/mol. The van der Waals surface area contributed by atoms with E-state index in [1.807, 2.05) is 127 Å². The summed E-state index contributed by atoms with van der Waals surface area (Å²) in [6.07, 6.45) is 10.1. The van der Waals surface area contributed by atoms with E-state index in [9.17, 15) is 24.3 Å². The van der Waals surface area contributed by atoms with Crippen LogP contribution in [-0.4, -0.2) is 57.2 Å². The van der Waals surface area contributed by atoms with Gasteiger partial charge in [0.25, 0.3) is 0 Å².